The molecule has 1 fully saturated rings. The van der Waals surface area contributed by atoms with E-state index in [1.54, 1.807) is 24.4 Å². The first kappa shape index (κ1) is 22.4. The van der Waals surface area contributed by atoms with Crippen molar-refractivity contribution in [1.82, 2.24) is 9.88 Å². The number of aromatic nitrogens is 1. The van der Waals surface area contributed by atoms with Gasteiger partial charge in [0.2, 0.25) is 0 Å². The molecule has 2 heterocycles. The van der Waals surface area contributed by atoms with Crippen LogP contribution in [0.3, 0.4) is 0 Å². The maximum absolute atomic E-state index is 12.6. The number of methoxy groups -OCH3 is 1. The standard InChI is InChI=1S/C23H25ClN4O3S/c1-31-20-7-9-21(10-8-20)32(29,30)26-19-6-11-23(25-16-19)28-14-12-27(13-15-28)17-18-4-2-3-5-22(18)24/h2-11,16,26H,12-15,17H2,1H3. The van der Waals surface area contributed by atoms with Crippen LogP contribution in [-0.4, -0.2) is 51.6 Å². The lowest BCUT2D eigenvalue weighted by Crippen LogP contribution is -2.46. The van der Waals surface area contributed by atoms with E-state index in [9.17, 15) is 8.42 Å². The molecule has 0 saturated carbocycles. The van der Waals surface area contributed by atoms with Gasteiger partial charge in [-0.25, -0.2) is 13.4 Å². The van der Waals surface area contributed by atoms with Crippen LogP contribution < -0.4 is 14.4 Å². The minimum atomic E-state index is -3.69. The summed E-state index contributed by atoms with van der Waals surface area (Å²) in [6, 6.07) is 17.7. The predicted octanol–water partition coefficient (Wildman–Crippen LogP) is 3.87. The molecule has 7 nitrogen and oxygen atoms in total. The number of sulfonamides is 1. The Hall–Kier alpha value is -2.81. The number of hydrogen-bond acceptors (Lipinski definition) is 6. The minimum absolute atomic E-state index is 0.164. The Morgan fingerprint density at radius 2 is 1.72 bits per heavy atom. The lowest BCUT2D eigenvalue weighted by Gasteiger charge is -2.35. The number of ether oxygens (including phenoxy) is 1. The summed E-state index contributed by atoms with van der Waals surface area (Å²) in [6.07, 6.45) is 1.55. The number of anilines is 2. The van der Waals surface area contributed by atoms with Crippen molar-refractivity contribution in [3.63, 3.8) is 0 Å². The quantitative estimate of drug-likeness (QED) is 0.562. The van der Waals surface area contributed by atoms with Crippen LogP contribution in [0.5, 0.6) is 5.75 Å². The number of piperazine rings is 1. The number of hydrogen-bond donors (Lipinski definition) is 1. The summed E-state index contributed by atoms with van der Waals surface area (Å²) >= 11 is 6.28. The van der Waals surface area contributed by atoms with Crippen molar-refractivity contribution in [3.05, 3.63) is 77.4 Å². The fourth-order valence-electron chi connectivity index (χ4n) is 3.61. The van der Waals surface area contributed by atoms with E-state index < -0.39 is 10.0 Å². The summed E-state index contributed by atoms with van der Waals surface area (Å²) in [4.78, 5) is 9.20. The molecule has 168 valence electrons. The van der Waals surface area contributed by atoms with Gasteiger partial charge in [-0.1, -0.05) is 29.8 Å². The average Bonchev–Trinajstić information content (AvgIpc) is 2.81. The number of nitrogens with one attached hydrogen (secondary N) is 1. The molecule has 0 aliphatic carbocycles. The second kappa shape index (κ2) is 9.77. The van der Waals surface area contributed by atoms with Crippen LogP contribution >= 0.6 is 11.6 Å². The van der Waals surface area contributed by atoms with Crippen LogP contribution in [0.1, 0.15) is 5.56 Å². The Morgan fingerprint density at radius 3 is 2.34 bits per heavy atom. The molecule has 32 heavy (non-hydrogen) atoms. The molecule has 0 atom stereocenters. The first-order chi connectivity index (χ1) is 15.4. The van der Waals surface area contributed by atoms with Gasteiger partial charge in [0.05, 0.1) is 23.9 Å². The van der Waals surface area contributed by atoms with Gasteiger partial charge in [-0.2, -0.15) is 0 Å². The van der Waals surface area contributed by atoms with Gasteiger partial charge < -0.3 is 9.64 Å². The van der Waals surface area contributed by atoms with E-state index in [1.807, 2.05) is 24.3 Å². The maximum Gasteiger partial charge on any atom is 0.261 e. The molecule has 0 bridgehead atoms. The molecule has 3 aromatic rings. The van der Waals surface area contributed by atoms with E-state index in [0.29, 0.717) is 11.4 Å². The van der Waals surface area contributed by atoms with Gasteiger partial charge >= 0.3 is 0 Å². The fourth-order valence-corrected chi connectivity index (χ4v) is 4.84. The van der Waals surface area contributed by atoms with E-state index in [4.69, 9.17) is 16.3 Å². The van der Waals surface area contributed by atoms with Gasteiger partial charge in [0, 0.05) is 37.7 Å². The van der Waals surface area contributed by atoms with E-state index in [2.05, 4.69) is 25.6 Å². The number of rotatable bonds is 7. The van der Waals surface area contributed by atoms with Crippen molar-refractivity contribution in [1.29, 1.82) is 0 Å². The predicted molar refractivity (Wildman–Crippen MR) is 127 cm³/mol. The van der Waals surface area contributed by atoms with Crippen LogP contribution in [0.4, 0.5) is 11.5 Å². The van der Waals surface area contributed by atoms with Crippen LogP contribution in [0.25, 0.3) is 0 Å². The smallest absolute Gasteiger partial charge is 0.261 e. The third kappa shape index (κ3) is 5.32. The molecule has 0 spiro atoms. The SMILES string of the molecule is COc1ccc(S(=O)(=O)Nc2ccc(N3CCN(Cc4ccccc4Cl)CC3)nc2)cc1. The van der Waals surface area contributed by atoms with Crippen molar-refractivity contribution in [3.8, 4) is 5.75 Å². The Morgan fingerprint density at radius 1 is 1.00 bits per heavy atom. The molecule has 9 heteroatoms. The Labute approximate surface area is 193 Å². The zero-order valence-electron chi connectivity index (χ0n) is 17.7. The molecule has 2 aromatic carbocycles. The van der Waals surface area contributed by atoms with Crippen molar-refractivity contribution in [2.45, 2.75) is 11.4 Å². The summed E-state index contributed by atoms with van der Waals surface area (Å²) in [6.45, 7) is 4.31. The van der Waals surface area contributed by atoms with Gasteiger partial charge in [-0.05, 0) is 48.0 Å². The highest BCUT2D eigenvalue weighted by Gasteiger charge is 2.19. The van der Waals surface area contributed by atoms with Crippen LogP contribution in [0.15, 0.2) is 71.8 Å². The fraction of sp³-hybridized carbons (Fsp3) is 0.261. The first-order valence-electron chi connectivity index (χ1n) is 10.3. The molecule has 1 aliphatic heterocycles. The molecular weight excluding hydrogens is 448 g/mol. The summed E-state index contributed by atoms with van der Waals surface area (Å²) in [7, 11) is -2.16. The number of halogens is 1. The van der Waals surface area contributed by atoms with Gasteiger partial charge in [0.15, 0.2) is 0 Å². The second-order valence-electron chi connectivity index (χ2n) is 7.54. The van der Waals surface area contributed by atoms with Crippen molar-refractivity contribution in [2.75, 3.05) is 42.9 Å². The number of benzene rings is 2. The Kier molecular flexibility index (Phi) is 6.83. The molecule has 0 unspecified atom stereocenters. The zero-order valence-corrected chi connectivity index (χ0v) is 19.3. The third-order valence-corrected chi connectivity index (χ3v) is 7.18. The Balaban J connectivity index is 1.34. The maximum atomic E-state index is 12.6. The Bertz CT molecular complexity index is 1150. The highest BCUT2D eigenvalue weighted by Crippen LogP contribution is 2.22. The van der Waals surface area contributed by atoms with E-state index in [-0.39, 0.29) is 4.90 Å². The van der Waals surface area contributed by atoms with Crippen LogP contribution in [0.2, 0.25) is 5.02 Å². The summed E-state index contributed by atoms with van der Waals surface area (Å²) in [5.41, 5.74) is 1.55. The van der Waals surface area contributed by atoms with Crippen molar-refractivity contribution >= 4 is 33.1 Å². The first-order valence-corrected chi connectivity index (χ1v) is 12.1. The monoisotopic (exact) mass is 472 g/mol. The lowest BCUT2D eigenvalue weighted by molar-refractivity contribution is 0.249. The second-order valence-corrected chi connectivity index (χ2v) is 9.63. The van der Waals surface area contributed by atoms with Gasteiger partial charge in [-0.15, -0.1) is 0 Å². The molecule has 4 rings (SSSR count). The largest absolute Gasteiger partial charge is 0.497 e. The third-order valence-electron chi connectivity index (χ3n) is 5.42. The van der Waals surface area contributed by atoms with Crippen LogP contribution in [-0.2, 0) is 16.6 Å². The molecule has 1 N–H and O–H groups in total. The van der Waals surface area contributed by atoms with Crippen molar-refractivity contribution in [2.24, 2.45) is 0 Å². The number of pyridine rings is 1. The highest BCUT2D eigenvalue weighted by molar-refractivity contribution is 7.92. The molecule has 1 aliphatic rings. The normalized spacial score (nSPS) is 14.9. The van der Waals surface area contributed by atoms with E-state index in [1.165, 1.54) is 19.2 Å². The summed E-state index contributed by atoms with van der Waals surface area (Å²) in [5.74, 6) is 1.43. The molecule has 1 aromatic heterocycles. The van der Waals surface area contributed by atoms with Gasteiger partial charge in [0.1, 0.15) is 11.6 Å². The van der Waals surface area contributed by atoms with Crippen LogP contribution in [0, 0.1) is 0 Å². The molecule has 0 amide bonds. The molecule has 0 radical (unpaired) electrons. The van der Waals surface area contributed by atoms with E-state index in [0.717, 1.165) is 49.1 Å². The minimum Gasteiger partial charge on any atom is -0.497 e. The highest BCUT2D eigenvalue weighted by atomic mass is 35.5. The summed E-state index contributed by atoms with van der Waals surface area (Å²) in [5, 5.41) is 0.796. The zero-order chi connectivity index (χ0) is 22.6. The van der Waals surface area contributed by atoms with Gasteiger partial charge in [0.25, 0.3) is 10.0 Å². The lowest BCUT2D eigenvalue weighted by atomic mass is 10.2. The van der Waals surface area contributed by atoms with E-state index >= 15 is 0 Å². The summed E-state index contributed by atoms with van der Waals surface area (Å²) < 4.78 is 32.8. The van der Waals surface area contributed by atoms with Crippen molar-refractivity contribution < 1.29 is 13.2 Å². The van der Waals surface area contributed by atoms with Gasteiger partial charge in [-0.3, -0.25) is 9.62 Å². The molecular formula is C23H25ClN4O3S. The number of nitrogens with zero attached hydrogens (tertiary/aromatic N) is 3. The molecule has 1 saturated heterocycles. The average molecular weight is 473 g/mol. The topological polar surface area (TPSA) is 74.8 Å².